The second-order valence-corrected chi connectivity index (χ2v) is 8.81. The first kappa shape index (κ1) is 21.3. The smallest absolute Gasteiger partial charge is 0.165 e. The van der Waals surface area contributed by atoms with Gasteiger partial charge in [-0.3, -0.25) is 9.48 Å². The van der Waals surface area contributed by atoms with E-state index < -0.39 is 5.60 Å². The number of carbonyl (C=O) groups excluding carboxylic acids is 1. The molecule has 1 saturated carbocycles. The van der Waals surface area contributed by atoms with Crippen molar-refractivity contribution in [2.75, 3.05) is 12.3 Å². The average molecular weight is 451 g/mol. The molecule has 0 saturated heterocycles. The molecule has 172 valence electrons. The summed E-state index contributed by atoms with van der Waals surface area (Å²) in [4.78, 5) is 17.4. The van der Waals surface area contributed by atoms with Crippen LogP contribution in [0.3, 0.4) is 0 Å². The molecule has 0 unspecified atom stereocenters. The minimum Gasteiger partial charge on any atom is -0.393 e. The second-order valence-electron chi connectivity index (χ2n) is 8.81. The van der Waals surface area contributed by atoms with Crippen LogP contribution in [0, 0.1) is 0 Å². The number of aryl methyl sites for hydroxylation is 1. The van der Waals surface area contributed by atoms with E-state index in [1.807, 2.05) is 19.4 Å². The highest BCUT2D eigenvalue weighted by Crippen LogP contribution is 2.40. The number of hydrogen-bond acceptors (Lipinski definition) is 8. The van der Waals surface area contributed by atoms with Crippen LogP contribution in [0.1, 0.15) is 54.6 Å². The van der Waals surface area contributed by atoms with Crippen molar-refractivity contribution < 1.29 is 15.0 Å². The number of ketones is 1. The first-order chi connectivity index (χ1) is 15.8. The van der Waals surface area contributed by atoms with Gasteiger partial charge in [0.2, 0.25) is 0 Å². The van der Waals surface area contributed by atoms with Crippen LogP contribution in [0.5, 0.6) is 0 Å². The van der Waals surface area contributed by atoms with Gasteiger partial charge in [-0.2, -0.15) is 19.8 Å². The molecule has 1 fully saturated rings. The van der Waals surface area contributed by atoms with Gasteiger partial charge in [-0.1, -0.05) is 0 Å². The molecule has 11 heteroatoms. The van der Waals surface area contributed by atoms with E-state index in [0.29, 0.717) is 42.6 Å². The van der Waals surface area contributed by atoms with E-state index in [2.05, 4.69) is 15.3 Å². The van der Waals surface area contributed by atoms with Crippen molar-refractivity contribution >= 4 is 17.2 Å². The fourth-order valence-corrected chi connectivity index (χ4v) is 4.61. The highest BCUT2D eigenvalue weighted by atomic mass is 16.3. The summed E-state index contributed by atoms with van der Waals surface area (Å²) in [6.07, 6.45) is 10.9. The molecule has 1 aliphatic rings. The molecule has 0 amide bonds. The zero-order chi connectivity index (χ0) is 23.3. The van der Waals surface area contributed by atoms with Gasteiger partial charge < -0.3 is 15.9 Å². The van der Waals surface area contributed by atoms with Gasteiger partial charge in [-0.25, -0.2) is 9.67 Å². The van der Waals surface area contributed by atoms with Crippen molar-refractivity contribution in [2.24, 2.45) is 7.05 Å². The van der Waals surface area contributed by atoms with E-state index in [0.717, 1.165) is 16.8 Å². The Kier molecular flexibility index (Phi) is 5.02. The van der Waals surface area contributed by atoms with E-state index in [9.17, 15) is 15.0 Å². The number of aromatic nitrogens is 7. The lowest BCUT2D eigenvalue weighted by Crippen LogP contribution is -2.37. The minimum absolute atomic E-state index is 0.0520. The third-order valence-corrected chi connectivity index (χ3v) is 6.51. The van der Waals surface area contributed by atoms with E-state index in [1.54, 1.807) is 28.0 Å². The maximum atomic E-state index is 12.5. The zero-order valence-corrected chi connectivity index (χ0v) is 18.5. The lowest BCUT2D eigenvalue weighted by atomic mass is 9.77. The number of Topliss-reactive ketones (excluding diaryl/α,β-unsaturated/α-hetero) is 1. The first-order valence-corrected chi connectivity index (χ1v) is 10.8. The second kappa shape index (κ2) is 7.78. The van der Waals surface area contributed by atoms with Crippen molar-refractivity contribution in [3.8, 4) is 16.8 Å². The Morgan fingerprint density at radius 2 is 1.94 bits per heavy atom. The molecular formula is C22H26N8O3. The van der Waals surface area contributed by atoms with Gasteiger partial charge in [-0.05, 0) is 32.6 Å². The Labute approximate surface area is 189 Å². The molecule has 4 aromatic rings. The number of aliphatic hydroxyl groups is 2. The number of rotatable bonds is 5. The standard InChI is InChI=1S/C22H26N8O3/c1-13(32)18-19(14-3-5-22(33,12-31)6-4-14)27-21-17(9-26-30(21)20(18)23)15-7-25-29(10-15)16-8-24-28(2)11-16/h7-11,14,31,33H,3-6,12,23H2,1-2H3/t14-,22+. The van der Waals surface area contributed by atoms with Gasteiger partial charge in [0, 0.05) is 30.3 Å². The van der Waals surface area contributed by atoms with Crippen LogP contribution < -0.4 is 5.73 Å². The van der Waals surface area contributed by atoms with Crippen molar-refractivity contribution in [1.29, 1.82) is 0 Å². The van der Waals surface area contributed by atoms with Crippen LogP contribution in [0.15, 0.2) is 31.0 Å². The summed E-state index contributed by atoms with van der Waals surface area (Å²) >= 11 is 0. The molecule has 0 atom stereocenters. The molecule has 0 radical (unpaired) electrons. The Hall–Kier alpha value is -3.57. The van der Waals surface area contributed by atoms with Crippen LogP contribution in [-0.2, 0) is 7.05 Å². The van der Waals surface area contributed by atoms with Crippen molar-refractivity contribution in [3.63, 3.8) is 0 Å². The van der Waals surface area contributed by atoms with E-state index >= 15 is 0 Å². The summed E-state index contributed by atoms with van der Waals surface area (Å²) in [5.74, 6) is 0.0154. The van der Waals surface area contributed by atoms with E-state index in [1.165, 1.54) is 11.4 Å². The third-order valence-electron chi connectivity index (χ3n) is 6.51. The summed E-state index contributed by atoms with van der Waals surface area (Å²) < 4.78 is 4.91. The van der Waals surface area contributed by atoms with Crippen molar-refractivity contribution in [2.45, 2.75) is 44.1 Å². The summed E-state index contributed by atoms with van der Waals surface area (Å²) in [6, 6.07) is 0. The van der Waals surface area contributed by atoms with E-state index in [4.69, 9.17) is 10.7 Å². The topological polar surface area (TPSA) is 149 Å². The number of hydrogen-bond donors (Lipinski definition) is 3. The van der Waals surface area contributed by atoms with Crippen molar-refractivity contribution in [3.05, 3.63) is 42.2 Å². The lowest BCUT2D eigenvalue weighted by Gasteiger charge is -2.34. The molecule has 4 heterocycles. The number of fused-ring (bicyclic) bond motifs is 1. The Morgan fingerprint density at radius 1 is 1.18 bits per heavy atom. The van der Waals surface area contributed by atoms with Gasteiger partial charge >= 0.3 is 0 Å². The molecule has 5 rings (SSSR count). The molecule has 4 N–H and O–H groups in total. The number of aliphatic hydroxyl groups excluding tert-OH is 1. The van der Waals surface area contributed by atoms with E-state index in [-0.39, 0.29) is 24.1 Å². The predicted molar refractivity (Wildman–Crippen MR) is 120 cm³/mol. The molecule has 4 aromatic heterocycles. The zero-order valence-electron chi connectivity index (χ0n) is 18.5. The van der Waals surface area contributed by atoms with Gasteiger partial charge in [-0.15, -0.1) is 0 Å². The summed E-state index contributed by atoms with van der Waals surface area (Å²) in [5, 5.41) is 32.9. The van der Waals surface area contributed by atoms with Crippen LogP contribution >= 0.6 is 0 Å². The van der Waals surface area contributed by atoms with Crippen LogP contribution in [0.4, 0.5) is 5.82 Å². The van der Waals surface area contributed by atoms with Gasteiger partial charge in [0.15, 0.2) is 11.4 Å². The predicted octanol–water partition coefficient (Wildman–Crippen LogP) is 1.48. The number of nitrogens with zero attached hydrogens (tertiary/aromatic N) is 7. The third kappa shape index (κ3) is 3.58. The van der Waals surface area contributed by atoms with Crippen LogP contribution in [0.2, 0.25) is 0 Å². The number of nitrogen functional groups attached to an aromatic ring is 1. The molecule has 1 aliphatic carbocycles. The number of carbonyl (C=O) groups is 1. The molecule has 0 spiro atoms. The van der Waals surface area contributed by atoms with Gasteiger partial charge in [0.1, 0.15) is 11.5 Å². The number of nitrogens with two attached hydrogens (primary N) is 1. The monoisotopic (exact) mass is 450 g/mol. The number of anilines is 1. The van der Waals surface area contributed by atoms with Crippen LogP contribution in [-0.4, -0.2) is 62.4 Å². The quantitative estimate of drug-likeness (QED) is 0.387. The van der Waals surface area contributed by atoms with Gasteiger partial charge in [0.05, 0.1) is 48.3 Å². The highest BCUT2D eigenvalue weighted by molar-refractivity contribution is 6.00. The molecule has 0 aliphatic heterocycles. The summed E-state index contributed by atoms with van der Waals surface area (Å²) in [7, 11) is 1.84. The Morgan fingerprint density at radius 3 is 2.58 bits per heavy atom. The average Bonchev–Trinajstić information content (AvgIpc) is 3.53. The highest BCUT2D eigenvalue weighted by Gasteiger charge is 2.36. The van der Waals surface area contributed by atoms with Crippen LogP contribution in [0.25, 0.3) is 22.5 Å². The maximum absolute atomic E-state index is 12.5. The maximum Gasteiger partial charge on any atom is 0.165 e. The summed E-state index contributed by atoms with van der Waals surface area (Å²) in [5.41, 5.74) is 9.24. The first-order valence-electron chi connectivity index (χ1n) is 10.8. The lowest BCUT2D eigenvalue weighted by molar-refractivity contribution is -0.0458. The van der Waals surface area contributed by atoms with Gasteiger partial charge in [0.25, 0.3) is 0 Å². The Bertz CT molecular complexity index is 1340. The van der Waals surface area contributed by atoms with Crippen molar-refractivity contribution in [1.82, 2.24) is 34.2 Å². The minimum atomic E-state index is -1.08. The Balaban J connectivity index is 1.59. The fraction of sp³-hybridized carbons (Fsp3) is 0.409. The molecule has 33 heavy (non-hydrogen) atoms. The SMILES string of the molecule is CC(=O)c1c(N)n2ncc(-c3cnn(-c4cnn(C)c4)c3)c2nc1[C@H]1CC[C@](O)(CO)CC1. The summed E-state index contributed by atoms with van der Waals surface area (Å²) in [6.45, 7) is 1.19. The fourth-order valence-electron chi connectivity index (χ4n) is 4.61. The largest absolute Gasteiger partial charge is 0.393 e. The molecular weight excluding hydrogens is 424 g/mol. The molecule has 0 aromatic carbocycles. The normalized spacial score (nSPS) is 21.0. The molecule has 0 bridgehead atoms. The molecule has 11 nitrogen and oxygen atoms in total.